The molecule has 7 heteroatoms. The van der Waals surface area contributed by atoms with Crippen LogP contribution in [0, 0.1) is 0 Å². The predicted octanol–water partition coefficient (Wildman–Crippen LogP) is 3.23. The summed E-state index contributed by atoms with van der Waals surface area (Å²) in [6.07, 6.45) is 1.86. The van der Waals surface area contributed by atoms with Gasteiger partial charge >= 0.3 is 0 Å². The summed E-state index contributed by atoms with van der Waals surface area (Å²) >= 11 is 5.89. The maximum atomic E-state index is 14.6. The molecule has 118 valence electrons. The fourth-order valence-corrected chi connectivity index (χ4v) is 2.52. The van der Waals surface area contributed by atoms with Crippen LogP contribution in [0.2, 0.25) is 5.02 Å². The fourth-order valence-electron chi connectivity index (χ4n) is 2.35. The molecule has 3 nitrogen and oxygen atoms in total. The molecule has 2 rings (SSSR count). The van der Waals surface area contributed by atoms with Crippen molar-refractivity contribution in [2.75, 3.05) is 33.0 Å². The average molecular weight is 323 g/mol. The molecule has 0 spiro atoms. The second kappa shape index (κ2) is 7.31. The van der Waals surface area contributed by atoms with Crippen molar-refractivity contribution in [2.24, 2.45) is 0 Å². The van der Waals surface area contributed by atoms with Gasteiger partial charge in [-0.05, 0) is 25.0 Å². The van der Waals surface area contributed by atoms with Gasteiger partial charge in [-0.1, -0.05) is 11.6 Å². The van der Waals surface area contributed by atoms with Gasteiger partial charge in [0.1, 0.15) is 30.6 Å². The number of hydrogen-bond donors (Lipinski definition) is 0. The van der Waals surface area contributed by atoms with Gasteiger partial charge < -0.3 is 4.74 Å². The summed E-state index contributed by atoms with van der Waals surface area (Å²) in [5.74, 6) is 0.198. The van der Waals surface area contributed by atoms with Crippen LogP contribution < -0.4 is 4.74 Å². The molecule has 0 aromatic carbocycles. The summed E-state index contributed by atoms with van der Waals surface area (Å²) in [6, 6.07) is 2.51. The molecule has 1 aliphatic rings. The smallest absolute Gasteiger partial charge is 0.232 e. The van der Waals surface area contributed by atoms with E-state index in [1.807, 2.05) is 0 Å². The van der Waals surface area contributed by atoms with E-state index in [1.165, 1.54) is 6.20 Å². The zero-order valence-corrected chi connectivity index (χ0v) is 12.3. The zero-order chi connectivity index (χ0) is 15.3. The van der Waals surface area contributed by atoms with E-state index in [1.54, 1.807) is 17.0 Å². The minimum atomic E-state index is -1.52. The van der Waals surface area contributed by atoms with Crippen LogP contribution in [0.25, 0.3) is 0 Å². The summed E-state index contributed by atoms with van der Waals surface area (Å²) in [5, 5.41) is 0.327. The average Bonchev–Trinajstić information content (AvgIpc) is 2.50. The molecular formula is C14H18ClF3N2O. The van der Waals surface area contributed by atoms with Gasteiger partial charge in [0.2, 0.25) is 5.88 Å². The molecule has 1 aromatic rings. The maximum absolute atomic E-state index is 14.6. The van der Waals surface area contributed by atoms with E-state index in [0.717, 1.165) is 0 Å². The Labute approximate surface area is 127 Å². The molecule has 0 N–H and O–H groups in total. The number of ether oxygens (including phenoxy) is 1. The number of nitrogens with zero attached hydrogens (tertiary/aromatic N) is 2. The van der Waals surface area contributed by atoms with Crippen molar-refractivity contribution in [2.45, 2.75) is 24.6 Å². The number of alkyl halides is 3. The van der Waals surface area contributed by atoms with Crippen LogP contribution in [0.4, 0.5) is 13.2 Å². The number of hydrogen-bond acceptors (Lipinski definition) is 3. The molecule has 0 amide bonds. The number of aromatic nitrogens is 1. The van der Waals surface area contributed by atoms with Crippen LogP contribution in [0.1, 0.15) is 12.8 Å². The second-order valence-electron chi connectivity index (χ2n) is 5.23. The Morgan fingerprint density at radius 2 is 2.00 bits per heavy atom. The molecule has 1 fully saturated rings. The third kappa shape index (κ3) is 4.23. The lowest BCUT2D eigenvalue weighted by molar-refractivity contribution is -0.00357. The summed E-state index contributed by atoms with van der Waals surface area (Å²) in [6.45, 7) is -1.04. The van der Waals surface area contributed by atoms with Crippen LogP contribution in [0.15, 0.2) is 18.3 Å². The Balaban J connectivity index is 1.86. The van der Waals surface area contributed by atoms with Crippen molar-refractivity contribution in [3.63, 3.8) is 0 Å². The molecule has 1 saturated heterocycles. The lowest BCUT2D eigenvalue weighted by atomic mass is 9.93. The van der Waals surface area contributed by atoms with Crippen LogP contribution in [-0.2, 0) is 0 Å². The van der Waals surface area contributed by atoms with Gasteiger partial charge in [0.25, 0.3) is 0 Å². The Bertz CT molecular complexity index is 452. The minimum absolute atomic E-state index is 0.159. The third-order valence-corrected chi connectivity index (χ3v) is 4.05. The van der Waals surface area contributed by atoms with Crippen molar-refractivity contribution in [3.05, 3.63) is 23.4 Å². The highest BCUT2D eigenvalue weighted by Gasteiger charge is 2.37. The topological polar surface area (TPSA) is 25.4 Å². The highest BCUT2D eigenvalue weighted by atomic mass is 35.5. The summed E-state index contributed by atoms with van der Waals surface area (Å²) in [4.78, 5) is 5.58. The molecule has 1 aromatic heterocycles. The van der Waals surface area contributed by atoms with Gasteiger partial charge in [0.05, 0.1) is 6.04 Å². The van der Waals surface area contributed by atoms with Gasteiger partial charge in [-0.2, -0.15) is 0 Å². The third-order valence-electron chi connectivity index (χ3n) is 3.76. The number of piperidine rings is 1. The van der Waals surface area contributed by atoms with Crippen LogP contribution in [0.3, 0.4) is 0 Å². The SMILES string of the molecule is FCC(CF)N1CCC(F)(COc2ncccc2Cl)CC1. The molecule has 0 atom stereocenters. The Hall–Kier alpha value is -1.01. The second-order valence-corrected chi connectivity index (χ2v) is 5.64. The number of halogens is 4. The van der Waals surface area contributed by atoms with Gasteiger partial charge in [0.15, 0.2) is 0 Å². The van der Waals surface area contributed by atoms with E-state index >= 15 is 0 Å². The maximum Gasteiger partial charge on any atom is 0.232 e. The van der Waals surface area contributed by atoms with E-state index in [4.69, 9.17) is 16.3 Å². The van der Waals surface area contributed by atoms with Crippen LogP contribution >= 0.6 is 11.6 Å². The van der Waals surface area contributed by atoms with E-state index in [2.05, 4.69) is 4.98 Å². The molecule has 0 bridgehead atoms. The molecule has 21 heavy (non-hydrogen) atoms. The van der Waals surface area contributed by atoms with Gasteiger partial charge in [0, 0.05) is 19.3 Å². The highest BCUT2D eigenvalue weighted by molar-refractivity contribution is 6.31. The first-order valence-electron chi connectivity index (χ1n) is 6.86. The molecule has 1 aliphatic heterocycles. The van der Waals surface area contributed by atoms with Crippen molar-refractivity contribution >= 4 is 11.6 Å². The molecule has 0 saturated carbocycles. The fraction of sp³-hybridized carbons (Fsp3) is 0.643. The number of likely N-dealkylation sites (tertiary alicyclic amines) is 1. The van der Waals surface area contributed by atoms with E-state index in [9.17, 15) is 13.2 Å². The van der Waals surface area contributed by atoms with Crippen molar-refractivity contribution in [1.82, 2.24) is 9.88 Å². The predicted molar refractivity (Wildman–Crippen MR) is 75.1 cm³/mol. The largest absolute Gasteiger partial charge is 0.473 e. The minimum Gasteiger partial charge on any atom is -0.473 e. The monoisotopic (exact) mass is 322 g/mol. The van der Waals surface area contributed by atoms with Crippen molar-refractivity contribution in [1.29, 1.82) is 0 Å². The Kier molecular flexibility index (Phi) is 5.70. The Morgan fingerprint density at radius 1 is 1.33 bits per heavy atom. The summed E-state index contributed by atoms with van der Waals surface area (Å²) < 4.78 is 45.2. The molecule has 0 aliphatic carbocycles. The first kappa shape index (κ1) is 16.4. The molecule has 2 heterocycles. The Morgan fingerprint density at radius 3 is 2.57 bits per heavy atom. The zero-order valence-electron chi connectivity index (χ0n) is 11.6. The summed E-state index contributed by atoms with van der Waals surface area (Å²) in [7, 11) is 0. The lowest BCUT2D eigenvalue weighted by Gasteiger charge is -2.38. The van der Waals surface area contributed by atoms with Gasteiger partial charge in [-0.3, -0.25) is 4.90 Å². The summed E-state index contributed by atoms with van der Waals surface area (Å²) in [5.41, 5.74) is -1.52. The van der Waals surface area contributed by atoms with Crippen molar-refractivity contribution < 1.29 is 17.9 Å². The number of rotatable bonds is 6. The van der Waals surface area contributed by atoms with Gasteiger partial charge in [-0.25, -0.2) is 18.2 Å². The van der Waals surface area contributed by atoms with Gasteiger partial charge in [-0.15, -0.1) is 0 Å². The number of pyridine rings is 1. The molecule has 0 unspecified atom stereocenters. The normalized spacial score (nSPS) is 18.9. The molecule has 0 radical (unpaired) electrons. The van der Waals surface area contributed by atoms with Crippen LogP contribution in [-0.4, -0.2) is 54.6 Å². The highest BCUT2D eigenvalue weighted by Crippen LogP contribution is 2.30. The van der Waals surface area contributed by atoms with E-state index in [0.29, 0.717) is 18.1 Å². The standard InChI is InChI=1S/C14H18ClF3N2O/c15-12-2-1-5-19-13(12)21-10-14(18)3-6-20(7-4-14)11(8-16)9-17/h1-2,5,11H,3-4,6-10H2. The first-order chi connectivity index (χ1) is 10.1. The van der Waals surface area contributed by atoms with Crippen molar-refractivity contribution in [3.8, 4) is 5.88 Å². The molecular weight excluding hydrogens is 305 g/mol. The quantitative estimate of drug-likeness (QED) is 0.804. The van der Waals surface area contributed by atoms with Crippen LogP contribution in [0.5, 0.6) is 5.88 Å². The lowest BCUT2D eigenvalue weighted by Crippen LogP contribution is -2.50. The first-order valence-corrected chi connectivity index (χ1v) is 7.24. The van der Waals surface area contributed by atoms with E-state index < -0.39 is 25.1 Å². The van der Waals surface area contributed by atoms with E-state index in [-0.39, 0.29) is 25.3 Å².